The Morgan fingerprint density at radius 2 is 0.545 bits per heavy atom. The van der Waals surface area contributed by atoms with Gasteiger partial charge in [-0.1, -0.05) is 291 Å². The summed E-state index contributed by atoms with van der Waals surface area (Å²) in [6.07, 6.45) is 0. The van der Waals surface area contributed by atoms with Crippen LogP contribution in [-0.2, 0) is 80.4 Å². The number of nitriles is 2. The zero-order valence-corrected chi connectivity index (χ0v) is 88.7. The molecule has 4 heterocycles. The third-order valence-electron chi connectivity index (χ3n) is 23.3. The van der Waals surface area contributed by atoms with Gasteiger partial charge in [0.15, 0.2) is 29.0 Å². The van der Waals surface area contributed by atoms with Crippen molar-refractivity contribution in [2.45, 2.75) is 186 Å². The summed E-state index contributed by atoms with van der Waals surface area (Å²) in [6.45, 7) is 66.0. The van der Waals surface area contributed by atoms with Crippen molar-refractivity contribution < 1.29 is 80.4 Å². The van der Waals surface area contributed by atoms with E-state index >= 15 is 0 Å². The third kappa shape index (κ3) is 22.7. The van der Waals surface area contributed by atoms with Crippen molar-refractivity contribution in [2.24, 2.45) is 0 Å². The van der Waals surface area contributed by atoms with Crippen molar-refractivity contribution in [3.63, 3.8) is 0 Å². The number of aromatic nitrogens is 12. The van der Waals surface area contributed by atoms with Crippen molar-refractivity contribution >= 4 is 17.1 Å². The van der Waals surface area contributed by atoms with Crippen LogP contribution in [0.4, 0.5) is 17.1 Å². The minimum atomic E-state index is 0. The fraction of sp³-hybridized carbons (Fsp3) is 0.248. The number of hydrogen-bond acceptors (Lipinski definition) is 10. The van der Waals surface area contributed by atoms with E-state index in [1.165, 1.54) is 44.5 Å². The van der Waals surface area contributed by atoms with Gasteiger partial charge in [-0.05, 0) is 160 Å². The molecule has 684 valence electrons. The zero-order valence-electron chi connectivity index (χ0n) is 79.1. The van der Waals surface area contributed by atoms with Crippen LogP contribution in [0.15, 0.2) is 237 Å². The first-order chi connectivity index (χ1) is 62.6. The average molecular weight is 2470 g/mol. The summed E-state index contributed by atoms with van der Waals surface area (Å²) in [7, 11) is 0. The molecule has 16 rings (SSSR count). The van der Waals surface area contributed by atoms with Gasteiger partial charge in [0.2, 0.25) is 0 Å². The van der Waals surface area contributed by atoms with E-state index in [-0.39, 0.29) is 92.3 Å². The fourth-order valence-electron chi connectivity index (χ4n) is 16.5. The molecule has 21 heteroatoms. The summed E-state index contributed by atoms with van der Waals surface area (Å²) in [5.41, 5.74) is 27.9. The second kappa shape index (κ2) is 47.2. The Bertz CT molecular complexity index is 6620. The maximum Gasteiger partial charge on any atom is 0.187 e. The topological polar surface area (TPSA) is 184 Å². The quantitative estimate of drug-likeness (QED) is 0.0665. The second-order valence-electron chi connectivity index (χ2n) is 35.0. The SMILES string of the molecule is Cc1ccccc1-c1nnc(-c2[c-]c(C#N)ccc2)n1-c1c(C(C)C)cccc1C(C)C.[C-]#[N+]c1cc(C#N)[c-]c(-c2nnc(-c3ccccc3C)n2-c2c(C(C)C)cccc2C(C)C)c1.[C-]#[N+]c1cc[c-]c(-c2nnc(-c3ccccc3C)n2-c2c(C(C)C)cccc2C(C)C)c1.[C-]#[N+]c1ccc(C)c(-c2nnc(-c3[c-]cccc3)n2-c2c(C(C)C)cccc2C(C)C)c1.[Ir].[Ir].[Ir].[Ir]. The van der Waals surface area contributed by atoms with E-state index in [1.54, 1.807) is 30.3 Å². The summed E-state index contributed by atoms with van der Waals surface area (Å²) in [4.78, 5) is 10.8. The molecule has 0 atom stereocenters. The number of aryl methyl sites for hydroxylation is 4. The predicted octanol–water partition coefficient (Wildman–Crippen LogP) is 29.2. The monoisotopic (exact) mass is 2470 g/mol. The summed E-state index contributed by atoms with van der Waals surface area (Å²) in [6, 6.07) is 95.6. The molecule has 4 aromatic heterocycles. The van der Waals surface area contributed by atoms with E-state index in [0.29, 0.717) is 86.7 Å². The van der Waals surface area contributed by atoms with Crippen molar-refractivity contribution in [3.8, 4) is 126 Å². The van der Waals surface area contributed by atoms with Crippen LogP contribution in [0.25, 0.3) is 128 Å². The molecule has 0 aliphatic rings. The molecule has 0 aliphatic heterocycles. The Morgan fingerprint density at radius 1 is 0.261 bits per heavy atom. The summed E-state index contributed by atoms with van der Waals surface area (Å²) in [5.74, 6) is 8.23. The van der Waals surface area contributed by atoms with Crippen molar-refractivity contribution in [3.05, 3.63) is 373 Å². The standard InChI is InChI=1S/C29H26N5.3C28H27N4.4Ir/c1-18(2)24-12-9-13-25(19(3)4)27(24)34-28(22-14-21(17-30)15-23(16-22)31-6)32-33-29(34)26-11-8-7-10-20(26)5;1-18(2)23-15-10-16-24(19(3)4)26(23)32-27(21-12-9-13-22(17-21)29-6)30-31-28(32)25-14-8-7-11-20(25)5;1-18(2)23-13-10-14-24(19(3)4)26(23)32-27(21-11-8-7-9-12-21)30-31-28(32)25-17-22(29-6)16-15-20(25)5;1-18(2)23-14-9-15-24(19(3)4)26(23)32-27(22-12-8-11-21(16-22)17-29)30-31-28(32)25-13-7-6-10-20(25)5;;;;/h7-13,15-16,18-19H,1-5H3;2*7-11,13-19H,1-5H3;6-15,18-19H,1-5H3;;;;/q4*-1;;;;. The van der Waals surface area contributed by atoms with Gasteiger partial charge in [0.05, 0.1) is 31.4 Å². The summed E-state index contributed by atoms with van der Waals surface area (Å²) in [5, 5.41) is 56.1. The molecule has 0 unspecified atom stereocenters. The zero-order chi connectivity index (χ0) is 92.9. The molecule has 0 spiro atoms. The van der Waals surface area contributed by atoms with Crippen LogP contribution in [-0.4, -0.2) is 59.1 Å². The molecule has 0 saturated carbocycles. The Labute approximate surface area is 844 Å². The van der Waals surface area contributed by atoms with Crippen LogP contribution >= 0.6 is 0 Å². The van der Waals surface area contributed by atoms with Gasteiger partial charge in [-0.2, -0.15) is 26.5 Å². The molecule has 0 aliphatic carbocycles. The van der Waals surface area contributed by atoms with Gasteiger partial charge < -0.3 is 18.3 Å². The van der Waals surface area contributed by atoms with Gasteiger partial charge in [0.25, 0.3) is 0 Å². The van der Waals surface area contributed by atoms with Gasteiger partial charge in [-0.25, -0.2) is 15.4 Å². The molecule has 0 fully saturated rings. The first kappa shape index (κ1) is 105. The Morgan fingerprint density at radius 3 is 0.888 bits per heavy atom. The van der Waals surface area contributed by atoms with E-state index in [0.717, 1.165) is 113 Å². The number of rotatable bonds is 20. The van der Waals surface area contributed by atoms with E-state index in [4.69, 9.17) is 19.7 Å². The van der Waals surface area contributed by atoms with Crippen LogP contribution in [0.5, 0.6) is 0 Å². The van der Waals surface area contributed by atoms with Gasteiger partial charge in [0.1, 0.15) is 23.0 Å². The largest absolute Gasteiger partial charge is 0.316 e. The maximum absolute atomic E-state index is 9.54. The normalized spacial score (nSPS) is 10.8. The predicted molar refractivity (Wildman–Crippen MR) is 524 cm³/mol. The summed E-state index contributed by atoms with van der Waals surface area (Å²) < 4.78 is 8.60. The number of hydrogen-bond donors (Lipinski definition) is 0. The number of benzene rings is 12. The molecule has 16 aromatic rings. The van der Waals surface area contributed by atoms with Crippen LogP contribution < -0.4 is 0 Å². The molecule has 17 nitrogen and oxygen atoms in total. The third-order valence-corrected chi connectivity index (χ3v) is 23.3. The van der Waals surface area contributed by atoms with Gasteiger partial charge in [0, 0.05) is 125 Å². The molecule has 12 aromatic carbocycles. The minimum Gasteiger partial charge on any atom is -0.316 e. The van der Waals surface area contributed by atoms with Crippen molar-refractivity contribution in [1.29, 1.82) is 10.5 Å². The van der Waals surface area contributed by atoms with Crippen LogP contribution in [0, 0.1) is 94.3 Å². The first-order valence-electron chi connectivity index (χ1n) is 44.3. The number of nitrogens with zero attached hydrogens (tertiary/aromatic N) is 17. The maximum atomic E-state index is 9.54. The van der Waals surface area contributed by atoms with E-state index in [2.05, 4.69) is 345 Å². The second-order valence-corrected chi connectivity index (χ2v) is 35.0. The van der Waals surface area contributed by atoms with Gasteiger partial charge in [-0.3, -0.25) is 9.69 Å². The van der Waals surface area contributed by atoms with Gasteiger partial charge >= 0.3 is 0 Å². The Balaban J connectivity index is 0.000000199. The molecule has 4 radical (unpaired) electrons. The molecule has 0 amide bonds. The molecule has 0 N–H and O–H groups in total. The van der Waals surface area contributed by atoms with Gasteiger partial charge in [-0.15, -0.1) is 123 Å². The van der Waals surface area contributed by atoms with E-state index in [9.17, 15) is 10.5 Å². The van der Waals surface area contributed by atoms with Crippen LogP contribution in [0.1, 0.15) is 236 Å². The van der Waals surface area contributed by atoms with Crippen LogP contribution in [0.3, 0.4) is 0 Å². The molecular formula is C113H107Ir4N17-4. The first-order valence-corrected chi connectivity index (χ1v) is 44.3. The van der Waals surface area contributed by atoms with E-state index in [1.807, 2.05) is 110 Å². The fourth-order valence-corrected chi connectivity index (χ4v) is 16.5. The molecule has 0 saturated heterocycles. The Kier molecular flexibility index (Phi) is 37.0. The minimum absolute atomic E-state index is 0. The Hall–Kier alpha value is -12.8. The molecular weight excluding hydrogens is 2360 g/mol. The van der Waals surface area contributed by atoms with Crippen molar-refractivity contribution in [2.75, 3.05) is 0 Å². The van der Waals surface area contributed by atoms with E-state index < -0.39 is 0 Å². The molecule has 134 heavy (non-hydrogen) atoms. The van der Waals surface area contributed by atoms with Crippen LogP contribution in [0.2, 0.25) is 0 Å². The molecule has 0 bridgehead atoms. The smallest absolute Gasteiger partial charge is 0.187 e. The number of para-hydroxylation sites is 4. The average Bonchev–Trinajstić information content (AvgIpc) is 1.60. The summed E-state index contributed by atoms with van der Waals surface area (Å²) >= 11 is 0. The van der Waals surface area contributed by atoms with Crippen molar-refractivity contribution in [1.82, 2.24) is 59.1 Å².